The smallest absolute Gasteiger partial charge is 0.140 e. The van der Waals surface area contributed by atoms with Crippen molar-refractivity contribution in [2.75, 3.05) is 0 Å². The molecule has 0 aromatic carbocycles. The van der Waals surface area contributed by atoms with Gasteiger partial charge in [0, 0.05) is 24.7 Å². The third kappa shape index (κ3) is 4.45. The molecular weight excluding hydrogens is 234 g/mol. The molecule has 104 valence electrons. The lowest BCUT2D eigenvalue weighted by Crippen LogP contribution is -2.23. The van der Waals surface area contributed by atoms with E-state index >= 15 is 0 Å². The molecule has 1 heterocycles. The summed E-state index contributed by atoms with van der Waals surface area (Å²) in [6.07, 6.45) is 12.8. The molecule has 0 radical (unpaired) electrons. The lowest BCUT2D eigenvalue weighted by Gasteiger charge is -2.27. The monoisotopic (exact) mass is 259 g/mol. The van der Waals surface area contributed by atoms with E-state index in [9.17, 15) is 4.79 Å². The molecule has 1 saturated carbocycles. The fraction of sp³-hybridized carbons (Fsp3) is 0.647. The van der Waals surface area contributed by atoms with Crippen molar-refractivity contribution in [1.29, 1.82) is 0 Å². The number of nitrogens with zero attached hydrogens (tertiary/aromatic N) is 1. The lowest BCUT2D eigenvalue weighted by molar-refractivity contribution is -0.123. The summed E-state index contributed by atoms with van der Waals surface area (Å²) in [6, 6.07) is 3.90. The topological polar surface area (TPSA) is 30.0 Å². The first-order valence-electron chi connectivity index (χ1n) is 7.71. The SMILES string of the molecule is CCCCC1CCC(C(=O)Cc2cccnc2)CC1. The Bertz CT molecular complexity index is 380. The minimum atomic E-state index is 0.304. The average Bonchev–Trinajstić information content (AvgIpc) is 2.46. The predicted octanol–water partition coefficient (Wildman–Crippen LogP) is 4.19. The largest absolute Gasteiger partial charge is 0.299 e. The summed E-state index contributed by atoms with van der Waals surface area (Å²) in [5.74, 6) is 1.60. The third-order valence-electron chi connectivity index (χ3n) is 4.37. The lowest BCUT2D eigenvalue weighted by atomic mass is 9.77. The molecule has 0 saturated heterocycles. The number of ketones is 1. The van der Waals surface area contributed by atoms with Gasteiger partial charge < -0.3 is 0 Å². The molecule has 1 aliphatic carbocycles. The van der Waals surface area contributed by atoms with E-state index in [1.54, 1.807) is 6.20 Å². The molecule has 0 aliphatic heterocycles. The van der Waals surface area contributed by atoms with Gasteiger partial charge in [-0.05, 0) is 43.2 Å². The van der Waals surface area contributed by atoms with Crippen LogP contribution in [0, 0.1) is 11.8 Å². The molecule has 0 amide bonds. The Balaban J connectivity index is 1.76. The van der Waals surface area contributed by atoms with Crippen LogP contribution in [-0.4, -0.2) is 10.8 Å². The van der Waals surface area contributed by atoms with Crippen LogP contribution < -0.4 is 0 Å². The molecule has 1 aromatic rings. The Morgan fingerprint density at radius 1 is 1.32 bits per heavy atom. The highest BCUT2D eigenvalue weighted by molar-refractivity contribution is 5.83. The maximum atomic E-state index is 12.3. The zero-order valence-electron chi connectivity index (χ0n) is 12.0. The van der Waals surface area contributed by atoms with Crippen LogP contribution in [0.5, 0.6) is 0 Å². The van der Waals surface area contributed by atoms with Gasteiger partial charge in [0.25, 0.3) is 0 Å². The summed E-state index contributed by atoms with van der Waals surface area (Å²) < 4.78 is 0. The Labute approximate surface area is 116 Å². The molecule has 1 aliphatic rings. The molecular formula is C17H25NO. The number of hydrogen-bond acceptors (Lipinski definition) is 2. The van der Waals surface area contributed by atoms with Crippen molar-refractivity contribution in [1.82, 2.24) is 4.98 Å². The van der Waals surface area contributed by atoms with E-state index in [1.165, 1.54) is 32.1 Å². The van der Waals surface area contributed by atoms with Gasteiger partial charge in [-0.15, -0.1) is 0 Å². The summed E-state index contributed by atoms with van der Waals surface area (Å²) in [4.78, 5) is 16.3. The van der Waals surface area contributed by atoms with Gasteiger partial charge >= 0.3 is 0 Å². The number of carbonyl (C=O) groups is 1. The second kappa shape index (κ2) is 7.42. The molecule has 2 heteroatoms. The van der Waals surface area contributed by atoms with Gasteiger partial charge in [0.2, 0.25) is 0 Å². The van der Waals surface area contributed by atoms with Crippen LogP contribution in [-0.2, 0) is 11.2 Å². The van der Waals surface area contributed by atoms with Crippen LogP contribution in [0.4, 0.5) is 0 Å². The third-order valence-corrected chi connectivity index (χ3v) is 4.37. The molecule has 2 rings (SSSR count). The summed E-state index contributed by atoms with van der Waals surface area (Å²) in [7, 11) is 0. The van der Waals surface area contributed by atoms with Crippen LogP contribution in [0.2, 0.25) is 0 Å². The van der Waals surface area contributed by atoms with Gasteiger partial charge in [-0.25, -0.2) is 0 Å². The fourth-order valence-electron chi connectivity index (χ4n) is 3.11. The highest BCUT2D eigenvalue weighted by Crippen LogP contribution is 2.32. The number of Topliss-reactive ketones (excluding diaryl/α,β-unsaturated/α-hetero) is 1. The molecule has 0 atom stereocenters. The molecule has 1 aromatic heterocycles. The van der Waals surface area contributed by atoms with Crippen molar-refractivity contribution >= 4 is 5.78 Å². The number of pyridine rings is 1. The average molecular weight is 259 g/mol. The first kappa shape index (κ1) is 14.2. The van der Waals surface area contributed by atoms with Crippen molar-refractivity contribution in [2.24, 2.45) is 11.8 Å². The summed E-state index contributed by atoms with van der Waals surface area (Å²) in [5.41, 5.74) is 1.06. The predicted molar refractivity (Wildman–Crippen MR) is 77.9 cm³/mol. The maximum Gasteiger partial charge on any atom is 0.140 e. The standard InChI is InChI=1S/C17H25NO/c1-2-3-5-14-7-9-16(10-8-14)17(19)12-15-6-4-11-18-13-15/h4,6,11,13-14,16H,2-3,5,7-10,12H2,1H3. The normalized spacial score (nSPS) is 23.2. The van der Waals surface area contributed by atoms with Gasteiger partial charge in [-0.3, -0.25) is 9.78 Å². The highest BCUT2D eigenvalue weighted by Gasteiger charge is 2.25. The zero-order chi connectivity index (χ0) is 13.5. The first-order chi connectivity index (χ1) is 9.29. The molecule has 19 heavy (non-hydrogen) atoms. The van der Waals surface area contributed by atoms with Gasteiger partial charge in [0.05, 0.1) is 0 Å². The zero-order valence-corrected chi connectivity index (χ0v) is 12.0. The second-order valence-electron chi connectivity index (χ2n) is 5.86. The Morgan fingerprint density at radius 2 is 2.11 bits per heavy atom. The van der Waals surface area contributed by atoms with Crippen LogP contribution in [0.25, 0.3) is 0 Å². The van der Waals surface area contributed by atoms with Crippen LogP contribution in [0.15, 0.2) is 24.5 Å². The molecule has 0 unspecified atom stereocenters. The fourth-order valence-corrected chi connectivity index (χ4v) is 3.11. The van der Waals surface area contributed by atoms with Crippen LogP contribution in [0.1, 0.15) is 57.4 Å². The first-order valence-corrected chi connectivity index (χ1v) is 7.71. The van der Waals surface area contributed by atoms with E-state index in [0.29, 0.717) is 18.1 Å². The number of aromatic nitrogens is 1. The van der Waals surface area contributed by atoms with Gasteiger partial charge in [0.15, 0.2) is 0 Å². The van der Waals surface area contributed by atoms with E-state index in [1.807, 2.05) is 18.3 Å². The van der Waals surface area contributed by atoms with Crippen molar-refractivity contribution in [3.05, 3.63) is 30.1 Å². The quantitative estimate of drug-likeness (QED) is 0.766. The van der Waals surface area contributed by atoms with E-state index in [2.05, 4.69) is 11.9 Å². The maximum absolute atomic E-state index is 12.3. The van der Waals surface area contributed by atoms with Crippen molar-refractivity contribution < 1.29 is 4.79 Å². The van der Waals surface area contributed by atoms with Gasteiger partial charge in [-0.2, -0.15) is 0 Å². The minimum Gasteiger partial charge on any atom is -0.299 e. The van der Waals surface area contributed by atoms with Crippen molar-refractivity contribution in [3.63, 3.8) is 0 Å². The Morgan fingerprint density at radius 3 is 2.74 bits per heavy atom. The molecule has 0 spiro atoms. The van der Waals surface area contributed by atoms with Crippen molar-refractivity contribution in [3.8, 4) is 0 Å². The molecule has 0 bridgehead atoms. The van der Waals surface area contributed by atoms with E-state index in [0.717, 1.165) is 24.3 Å². The van der Waals surface area contributed by atoms with Crippen LogP contribution in [0.3, 0.4) is 0 Å². The van der Waals surface area contributed by atoms with E-state index in [-0.39, 0.29) is 0 Å². The minimum absolute atomic E-state index is 0.304. The summed E-state index contributed by atoms with van der Waals surface area (Å²) >= 11 is 0. The Hall–Kier alpha value is -1.18. The van der Waals surface area contributed by atoms with Gasteiger partial charge in [-0.1, -0.05) is 32.3 Å². The Kier molecular flexibility index (Phi) is 5.56. The number of hydrogen-bond donors (Lipinski definition) is 0. The second-order valence-corrected chi connectivity index (χ2v) is 5.86. The molecule has 1 fully saturated rings. The van der Waals surface area contributed by atoms with Crippen molar-refractivity contribution in [2.45, 2.75) is 58.3 Å². The number of rotatable bonds is 6. The molecule has 0 N–H and O–H groups in total. The summed E-state index contributed by atoms with van der Waals surface area (Å²) in [6.45, 7) is 2.25. The number of carbonyl (C=O) groups excluding carboxylic acids is 1. The van der Waals surface area contributed by atoms with Gasteiger partial charge in [0.1, 0.15) is 5.78 Å². The van der Waals surface area contributed by atoms with Crippen LogP contribution >= 0.6 is 0 Å². The number of unbranched alkanes of at least 4 members (excludes halogenated alkanes) is 1. The van der Waals surface area contributed by atoms with E-state index < -0.39 is 0 Å². The molecule has 2 nitrogen and oxygen atoms in total. The van der Waals surface area contributed by atoms with E-state index in [4.69, 9.17) is 0 Å². The summed E-state index contributed by atoms with van der Waals surface area (Å²) in [5, 5.41) is 0. The highest BCUT2D eigenvalue weighted by atomic mass is 16.1.